The van der Waals surface area contributed by atoms with Gasteiger partial charge in [0, 0.05) is 36.8 Å². The number of carbonyl (C=O) groups excluding carboxylic acids is 1. The summed E-state index contributed by atoms with van der Waals surface area (Å²) in [4.78, 5) is 18.8. The standard InChI is InChI=1S/C21H24N2OS/c1-16-7-9-18(10-8-16)22-11-4-12-23(14-13-22)21(24)20-15-17-5-2-3-6-19(17)25-20/h2-3,5-10,20H,4,11-15H2,1H3. The lowest BCUT2D eigenvalue weighted by atomic mass is 10.1. The number of hydrogen-bond donors (Lipinski definition) is 0. The van der Waals surface area contributed by atoms with Crippen LogP contribution in [0.4, 0.5) is 5.69 Å². The number of fused-ring (bicyclic) bond motifs is 1. The van der Waals surface area contributed by atoms with Gasteiger partial charge in [-0.2, -0.15) is 0 Å². The van der Waals surface area contributed by atoms with Crippen LogP contribution in [-0.4, -0.2) is 42.2 Å². The van der Waals surface area contributed by atoms with Crippen LogP contribution in [0.25, 0.3) is 0 Å². The Morgan fingerprint density at radius 3 is 2.60 bits per heavy atom. The highest BCUT2D eigenvalue weighted by atomic mass is 32.2. The summed E-state index contributed by atoms with van der Waals surface area (Å²) in [5.41, 5.74) is 3.87. The van der Waals surface area contributed by atoms with Gasteiger partial charge in [-0.1, -0.05) is 35.9 Å². The lowest BCUT2D eigenvalue weighted by Crippen LogP contribution is -2.40. The molecule has 0 radical (unpaired) electrons. The van der Waals surface area contributed by atoms with E-state index in [9.17, 15) is 4.79 Å². The third-order valence-corrected chi connectivity index (χ3v) is 6.43. The monoisotopic (exact) mass is 352 g/mol. The number of nitrogens with zero attached hydrogens (tertiary/aromatic N) is 2. The summed E-state index contributed by atoms with van der Waals surface area (Å²) in [7, 11) is 0. The summed E-state index contributed by atoms with van der Waals surface area (Å²) in [5, 5.41) is 0.0586. The van der Waals surface area contributed by atoms with Crippen LogP contribution in [0.5, 0.6) is 0 Å². The predicted octanol–water partition coefficient (Wildman–Crippen LogP) is 3.75. The van der Waals surface area contributed by atoms with Gasteiger partial charge in [-0.3, -0.25) is 4.79 Å². The van der Waals surface area contributed by atoms with Crippen LogP contribution in [-0.2, 0) is 11.2 Å². The zero-order valence-corrected chi connectivity index (χ0v) is 15.5. The van der Waals surface area contributed by atoms with Crippen LogP contribution in [0, 0.1) is 6.92 Å². The Kier molecular flexibility index (Phi) is 4.71. The molecule has 2 aromatic carbocycles. The SMILES string of the molecule is Cc1ccc(N2CCCN(C(=O)C3Cc4ccccc4S3)CC2)cc1. The highest BCUT2D eigenvalue weighted by molar-refractivity contribution is 8.01. The van der Waals surface area contributed by atoms with Crippen LogP contribution in [0.3, 0.4) is 0 Å². The third-order valence-electron chi connectivity index (χ3n) is 5.13. The fraction of sp³-hybridized carbons (Fsp3) is 0.381. The van der Waals surface area contributed by atoms with Gasteiger partial charge in [0.25, 0.3) is 0 Å². The molecule has 1 unspecified atom stereocenters. The average molecular weight is 353 g/mol. The van der Waals surface area contributed by atoms with E-state index in [0.717, 1.165) is 39.0 Å². The molecule has 0 saturated carbocycles. The molecule has 4 heteroatoms. The Balaban J connectivity index is 1.39. The molecule has 130 valence electrons. The molecular formula is C21H24N2OS. The van der Waals surface area contributed by atoms with Crippen molar-refractivity contribution >= 4 is 23.4 Å². The summed E-state index contributed by atoms with van der Waals surface area (Å²) >= 11 is 1.74. The first-order valence-electron chi connectivity index (χ1n) is 9.06. The summed E-state index contributed by atoms with van der Waals surface area (Å²) < 4.78 is 0. The molecular weight excluding hydrogens is 328 g/mol. The second-order valence-corrected chi connectivity index (χ2v) is 8.16. The second-order valence-electron chi connectivity index (χ2n) is 6.92. The van der Waals surface area contributed by atoms with E-state index in [1.807, 2.05) is 0 Å². The molecule has 2 heterocycles. The van der Waals surface area contributed by atoms with Crippen LogP contribution < -0.4 is 4.90 Å². The van der Waals surface area contributed by atoms with Crippen molar-refractivity contribution < 1.29 is 4.79 Å². The molecule has 2 aliphatic heterocycles. The normalized spacial score (nSPS) is 20.3. The van der Waals surface area contributed by atoms with Crippen LogP contribution >= 0.6 is 11.8 Å². The Bertz CT molecular complexity index is 734. The summed E-state index contributed by atoms with van der Waals surface area (Å²) in [6.45, 7) is 5.74. The minimum absolute atomic E-state index is 0.0586. The van der Waals surface area contributed by atoms with Crippen LogP contribution in [0.1, 0.15) is 17.5 Å². The maximum atomic E-state index is 13.0. The highest BCUT2D eigenvalue weighted by Crippen LogP contribution is 2.37. The molecule has 2 aromatic rings. The van der Waals surface area contributed by atoms with E-state index in [-0.39, 0.29) is 5.25 Å². The largest absolute Gasteiger partial charge is 0.370 e. The highest BCUT2D eigenvalue weighted by Gasteiger charge is 2.32. The maximum absolute atomic E-state index is 13.0. The number of anilines is 1. The van der Waals surface area contributed by atoms with Crippen molar-refractivity contribution in [1.29, 1.82) is 0 Å². The van der Waals surface area contributed by atoms with Crippen LogP contribution in [0.2, 0.25) is 0 Å². The molecule has 1 fully saturated rings. The molecule has 0 bridgehead atoms. The van der Waals surface area contributed by atoms with Crippen molar-refractivity contribution in [2.24, 2.45) is 0 Å². The molecule has 0 aliphatic carbocycles. The molecule has 1 amide bonds. The van der Waals surface area contributed by atoms with Gasteiger partial charge in [0.15, 0.2) is 0 Å². The second kappa shape index (κ2) is 7.12. The van der Waals surface area contributed by atoms with Crippen molar-refractivity contribution in [3.8, 4) is 0 Å². The summed E-state index contributed by atoms with van der Waals surface area (Å²) in [6.07, 6.45) is 1.90. The van der Waals surface area contributed by atoms with Gasteiger partial charge in [-0.15, -0.1) is 11.8 Å². The predicted molar refractivity (Wildman–Crippen MR) is 104 cm³/mol. The Hall–Kier alpha value is -1.94. The third kappa shape index (κ3) is 3.54. The average Bonchev–Trinajstić information content (AvgIpc) is 2.92. The molecule has 2 aliphatic rings. The van der Waals surface area contributed by atoms with Crippen molar-refractivity contribution in [2.75, 3.05) is 31.1 Å². The fourth-order valence-corrected chi connectivity index (χ4v) is 4.95. The number of carbonyl (C=O) groups is 1. The lowest BCUT2D eigenvalue weighted by molar-refractivity contribution is -0.130. The van der Waals surface area contributed by atoms with Gasteiger partial charge >= 0.3 is 0 Å². The van der Waals surface area contributed by atoms with E-state index in [1.165, 1.54) is 21.7 Å². The van der Waals surface area contributed by atoms with Gasteiger partial charge in [0.1, 0.15) is 0 Å². The Morgan fingerprint density at radius 1 is 1.00 bits per heavy atom. The minimum Gasteiger partial charge on any atom is -0.370 e. The molecule has 1 saturated heterocycles. The summed E-state index contributed by atoms with van der Waals surface area (Å²) in [5.74, 6) is 0.312. The molecule has 0 spiro atoms. The van der Waals surface area contributed by atoms with Gasteiger partial charge in [0.05, 0.1) is 5.25 Å². The number of rotatable bonds is 2. The van der Waals surface area contributed by atoms with Gasteiger partial charge in [-0.25, -0.2) is 0 Å². The number of hydrogen-bond acceptors (Lipinski definition) is 3. The van der Waals surface area contributed by atoms with Gasteiger partial charge < -0.3 is 9.80 Å². The van der Waals surface area contributed by atoms with E-state index in [1.54, 1.807) is 11.8 Å². The van der Waals surface area contributed by atoms with Gasteiger partial charge in [0.2, 0.25) is 5.91 Å². The zero-order valence-electron chi connectivity index (χ0n) is 14.6. The first-order chi connectivity index (χ1) is 12.2. The first kappa shape index (κ1) is 16.5. The number of thioether (sulfide) groups is 1. The lowest BCUT2D eigenvalue weighted by Gasteiger charge is -2.25. The van der Waals surface area contributed by atoms with E-state index < -0.39 is 0 Å². The van der Waals surface area contributed by atoms with E-state index in [0.29, 0.717) is 5.91 Å². The number of benzene rings is 2. The smallest absolute Gasteiger partial charge is 0.236 e. The molecule has 4 rings (SSSR count). The summed E-state index contributed by atoms with van der Waals surface area (Å²) in [6, 6.07) is 17.1. The van der Waals surface area contributed by atoms with Crippen LogP contribution in [0.15, 0.2) is 53.4 Å². The fourth-order valence-electron chi connectivity index (χ4n) is 3.68. The molecule has 1 atom stereocenters. The zero-order chi connectivity index (χ0) is 17.2. The molecule has 0 N–H and O–H groups in total. The number of amides is 1. The molecule has 25 heavy (non-hydrogen) atoms. The van der Waals surface area contributed by atoms with Crippen molar-refractivity contribution in [1.82, 2.24) is 4.90 Å². The topological polar surface area (TPSA) is 23.6 Å². The maximum Gasteiger partial charge on any atom is 0.236 e. The quantitative estimate of drug-likeness (QED) is 0.822. The van der Waals surface area contributed by atoms with Crippen molar-refractivity contribution in [3.05, 3.63) is 59.7 Å². The van der Waals surface area contributed by atoms with E-state index in [2.05, 4.69) is 65.3 Å². The Labute approximate surface area is 154 Å². The van der Waals surface area contributed by atoms with E-state index >= 15 is 0 Å². The van der Waals surface area contributed by atoms with E-state index in [4.69, 9.17) is 0 Å². The van der Waals surface area contributed by atoms with Gasteiger partial charge in [-0.05, 0) is 43.5 Å². The Morgan fingerprint density at radius 2 is 1.80 bits per heavy atom. The van der Waals surface area contributed by atoms with Crippen molar-refractivity contribution in [2.45, 2.75) is 29.9 Å². The van der Waals surface area contributed by atoms with Crippen molar-refractivity contribution in [3.63, 3.8) is 0 Å². The number of aryl methyl sites for hydroxylation is 1. The molecule has 0 aromatic heterocycles. The minimum atomic E-state index is 0.0586. The first-order valence-corrected chi connectivity index (χ1v) is 9.93. The molecule has 3 nitrogen and oxygen atoms in total.